The first-order valence-electron chi connectivity index (χ1n) is 12.0. The molecule has 0 aliphatic carbocycles. The van der Waals surface area contributed by atoms with Crippen LogP contribution in [0.2, 0.25) is 0 Å². The lowest BCUT2D eigenvalue weighted by molar-refractivity contribution is -0.160. The number of hydrogen-bond acceptors (Lipinski definition) is 7. The summed E-state index contributed by atoms with van der Waals surface area (Å²) < 4.78 is 11.0. The van der Waals surface area contributed by atoms with E-state index < -0.39 is 35.8 Å². The number of rotatable bonds is 9. The highest BCUT2D eigenvalue weighted by Crippen LogP contribution is 2.42. The van der Waals surface area contributed by atoms with Gasteiger partial charge in [-0.05, 0) is 41.7 Å². The summed E-state index contributed by atoms with van der Waals surface area (Å²) in [6.45, 7) is 7.77. The Hall–Kier alpha value is -4.08. The van der Waals surface area contributed by atoms with E-state index in [9.17, 15) is 19.2 Å². The molecule has 2 atom stereocenters. The Bertz CT molecular complexity index is 1190. The van der Waals surface area contributed by atoms with Gasteiger partial charge in [-0.2, -0.15) is 5.48 Å². The molecule has 0 saturated carbocycles. The standard InChI is InChI=1S/C27H33N3O7/c1-6-36-21-13-16(11-12-20(21)35-5)19(14-22(31)29-37-23(32)15-27(2,3)4)30-24(25(28)33)17-9-7-8-10-18(17)26(30)34/h7-13,19,24H,6,14-15H2,1-5H3,(H2,28,33)(H,29,31). The van der Waals surface area contributed by atoms with E-state index in [4.69, 9.17) is 20.0 Å². The van der Waals surface area contributed by atoms with Gasteiger partial charge in [0, 0.05) is 5.56 Å². The van der Waals surface area contributed by atoms with E-state index in [0.717, 1.165) is 0 Å². The normalized spacial score (nSPS) is 15.5. The van der Waals surface area contributed by atoms with Gasteiger partial charge in [0.15, 0.2) is 11.5 Å². The van der Waals surface area contributed by atoms with Crippen molar-refractivity contribution in [3.63, 3.8) is 0 Å². The van der Waals surface area contributed by atoms with Crippen LogP contribution in [-0.2, 0) is 19.2 Å². The van der Waals surface area contributed by atoms with Crippen molar-refractivity contribution in [2.24, 2.45) is 11.1 Å². The van der Waals surface area contributed by atoms with Gasteiger partial charge < -0.3 is 24.9 Å². The summed E-state index contributed by atoms with van der Waals surface area (Å²) in [5, 5.41) is 0. The maximum atomic E-state index is 13.5. The van der Waals surface area contributed by atoms with Gasteiger partial charge >= 0.3 is 5.97 Å². The molecule has 0 aromatic heterocycles. The van der Waals surface area contributed by atoms with Crippen LogP contribution in [0.4, 0.5) is 0 Å². The number of carbonyl (C=O) groups excluding carboxylic acids is 4. The third kappa shape index (κ3) is 6.38. The molecule has 198 valence electrons. The van der Waals surface area contributed by atoms with Gasteiger partial charge in [-0.15, -0.1) is 0 Å². The van der Waals surface area contributed by atoms with Crippen LogP contribution in [0.3, 0.4) is 0 Å². The first-order valence-corrected chi connectivity index (χ1v) is 12.0. The van der Waals surface area contributed by atoms with Gasteiger partial charge in [0.25, 0.3) is 11.8 Å². The van der Waals surface area contributed by atoms with Gasteiger partial charge in [0.2, 0.25) is 5.91 Å². The smallest absolute Gasteiger partial charge is 0.332 e. The molecular weight excluding hydrogens is 478 g/mol. The van der Waals surface area contributed by atoms with E-state index >= 15 is 0 Å². The van der Waals surface area contributed by atoms with Crippen molar-refractivity contribution >= 4 is 23.7 Å². The Balaban J connectivity index is 1.98. The number of hydroxylamine groups is 1. The van der Waals surface area contributed by atoms with Crippen molar-refractivity contribution < 1.29 is 33.5 Å². The van der Waals surface area contributed by atoms with Gasteiger partial charge in [-0.25, -0.2) is 4.79 Å². The number of hydrogen-bond donors (Lipinski definition) is 2. The average Bonchev–Trinajstić information content (AvgIpc) is 3.13. The number of nitrogens with one attached hydrogen (secondary N) is 1. The van der Waals surface area contributed by atoms with Gasteiger partial charge in [-0.1, -0.05) is 45.0 Å². The highest BCUT2D eigenvalue weighted by atomic mass is 16.7. The Labute approximate surface area is 216 Å². The SMILES string of the molecule is CCOc1cc(C(CC(=O)NOC(=O)CC(C)(C)C)N2C(=O)c3ccccc3C2C(N)=O)ccc1OC. The Morgan fingerprint density at radius 3 is 2.43 bits per heavy atom. The predicted molar refractivity (Wildman–Crippen MR) is 134 cm³/mol. The number of primary amides is 1. The van der Waals surface area contributed by atoms with Crippen LogP contribution in [0.15, 0.2) is 42.5 Å². The fourth-order valence-corrected chi connectivity index (χ4v) is 4.29. The minimum atomic E-state index is -1.09. The largest absolute Gasteiger partial charge is 0.493 e. The van der Waals surface area contributed by atoms with Crippen LogP contribution in [0.25, 0.3) is 0 Å². The van der Waals surface area contributed by atoms with Crippen LogP contribution in [0.5, 0.6) is 11.5 Å². The minimum Gasteiger partial charge on any atom is -0.493 e. The summed E-state index contributed by atoms with van der Waals surface area (Å²) >= 11 is 0. The molecule has 3 N–H and O–H groups in total. The quantitative estimate of drug-likeness (QED) is 0.493. The molecule has 37 heavy (non-hydrogen) atoms. The van der Waals surface area contributed by atoms with Crippen molar-refractivity contribution in [1.82, 2.24) is 10.4 Å². The van der Waals surface area contributed by atoms with Crippen molar-refractivity contribution in [1.29, 1.82) is 0 Å². The zero-order valence-electron chi connectivity index (χ0n) is 21.7. The highest BCUT2D eigenvalue weighted by molar-refractivity contribution is 6.04. The Morgan fingerprint density at radius 1 is 1.11 bits per heavy atom. The first kappa shape index (κ1) is 27.5. The van der Waals surface area contributed by atoms with Gasteiger partial charge in [0.05, 0.1) is 32.6 Å². The van der Waals surface area contributed by atoms with Crippen LogP contribution in [-0.4, -0.2) is 42.3 Å². The fraction of sp³-hybridized carbons (Fsp3) is 0.407. The van der Waals surface area contributed by atoms with E-state index in [1.807, 2.05) is 27.7 Å². The molecule has 3 amide bonds. The molecule has 0 spiro atoms. The molecule has 10 nitrogen and oxygen atoms in total. The topological polar surface area (TPSA) is 137 Å². The van der Waals surface area contributed by atoms with Crippen molar-refractivity contribution in [3.05, 3.63) is 59.2 Å². The molecule has 1 heterocycles. The first-order chi connectivity index (χ1) is 17.5. The summed E-state index contributed by atoms with van der Waals surface area (Å²) in [6.07, 6.45) is -0.221. The van der Waals surface area contributed by atoms with Crippen LogP contribution in [0.1, 0.15) is 74.1 Å². The number of benzene rings is 2. The second-order valence-corrected chi connectivity index (χ2v) is 9.90. The molecule has 0 fully saturated rings. The highest BCUT2D eigenvalue weighted by Gasteiger charge is 2.44. The molecular formula is C27H33N3O7. The third-order valence-electron chi connectivity index (χ3n) is 5.81. The monoisotopic (exact) mass is 511 g/mol. The summed E-state index contributed by atoms with van der Waals surface area (Å²) in [6, 6.07) is 9.62. The van der Waals surface area contributed by atoms with Crippen LogP contribution < -0.4 is 20.7 Å². The molecule has 1 aliphatic heterocycles. The molecule has 0 radical (unpaired) electrons. The summed E-state index contributed by atoms with van der Waals surface area (Å²) in [7, 11) is 1.50. The lowest BCUT2D eigenvalue weighted by Gasteiger charge is -2.32. The van der Waals surface area contributed by atoms with E-state index in [1.54, 1.807) is 42.5 Å². The molecule has 0 saturated heterocycles. The molecule has 2 unspecified atom stereocenters. The van der Waals surface area contributed by atoms with E-state index in [2.05, 4.69) is 5.48 Å². The number of carbonyl (C=O) groups is 4. The number of amides is 3. The van der Waals surface area contributed by atoms with Gasteiger partial charge in [-0.3, -0.25) is 14.4 Å². The molecule has 1 aliphatic rings. The summed E-state index contributed by atoms with van der Waals surface area (Å²) in [5.74, 6) is -1.57. The maximum absolute atomic E-state index is 13.5. The third-order valence-corrected chi connectivity index (χ3v) is 5.81. The molecule has 2 aromatic rings. The van der Waals surface area contributed by atoms with Crippen molar-refractivity contribution in [2.75, 3.05) is 13.7 Å². The van der Waals surface area contributed by atoms with E-state index in [1.165, 1.54) is 12.0 Å². The second kappa shape index (κ2) is 11.3. The van der Waals surface area contributed by atoms with Crippen LogP contribution >= 0.6 is 0 Å². The summed E-state index contributed by atoms with van der Waals surface area (Å²) in [4.78, 5) is 57.4. The zero-order valence-corrected chi connectivity index (χ0v) is 21.7. The Morgan fingerprint density at radius 2 is 1.81 bits per heavy atom. The average molecular weight is 512 g/mol. The number of fused-ring (bicyclic) bond motifs is 1. The zero-order chi connectivity index (χ0) is 27.3. The lowest BCUT2D eigenvalue weighted by Crippen LogP contribution is -2.41. The molecule has 0 bridgehead atoms. The number of nitrogens with zero attached hydrogens (tertiary/aromatic N) is 1. The predicted octanol–water partition coefficient (Wildman–Crippen LogP) is 3.22. The molecule has 3 rings (SSSR count). The molecule has 10 heteroatoms. The van der Waals surface area contributed by atoms with E-state index in [-0.39, 0.29) is 18.3 Å². The van der Waals surface area contributed by atoms with Crippen LogP contribution in [0, 0.1) is 5.41 Å². The lowest BCUT2D eigenvalue weighted by atomic mass is 9.93. The second-order valence-electron chi connectivity index (χ2n) is 9.90. The minimum absolute atomic E-state index is 0.0938. The number of ether oxygens (including phenoxy) is 2. The number of nitrogens with two attached hydrogens (primary N) is 1. The van der Waals surface area contributed by atoms with Crippen molar-refractivity contribution in [3.8, 4) is 11.5 Å². The maximum Gasteiger partial charge on any atom is 0.332 e. The molecule has 2 aromatic carbocycles. The van der Waals surface area contributed by atoms with Gasteiger partial charge in [0.1, 0.15) is 6.04 Å². The fourth-order valence-electron chi connectivity index (χ4n) is 4.29. The van der Waals surface area contributed by atoms with E-state index in [0.29, 0.717) is 34.8 Å². The van der Waals surface area contributed by atoms with Crippen molar-refractivity contribution in [2.45, 2.75) is 52.6 Å². The Kier molecular flexibility index (Phi) is 8.42. The summed E-state index contributed by atoms with van der Waals surface area (Å²) in [5.41, 5.74) is 8.88. The number of methoxy groups -OCH3 is 1.